The van der Waals surface area contributed by atoms with Crippen molar-refractivity contribution in [3.63, 3.8) is 0 Å². The van der Waals surface area contributed by atoms with E-state index in [2.05, 4.69) is 4.98 Å². The zero-order valence-corrected chi connectivity index (χ0v) is 13.1. The summed E-state index contributed by atoms with van der Waals surface area (Å²) in [5, 5.41) is 0. The van der Waals surface area contributed by atoms with E-state index in [9.17, 15) is 8.78 Å². The SMILES string of the molecule is CN(Cc1cccc(N)c1)Cc1nccn1C(F)F.Cl.Cl. The number of nitrogens with two attached hydrogens (primary N) is 1. The Balaban J connectivity index is 0.00000200. The van der Waals surface area contributed by atoms with Crippen molar-refractivity contribution >= 4 is 30.5 Å². The van der Waals surface area contributed by atoms with Crippen molar-refractivity contribution in [2.24, 2.45) is 0 Å². The van der Waals surface area contributed by atoms with E-state index < -0.39 is 6.55 Å². The number of aromatic nitrogens is 2. The molecule has 0 unspecified atom stereocenters. The minimum atomic E-state index is -2.56. The normalized spacial score (nSPS) is 10.3. The fourth-order valence-corrected chi connectivity index (χ4v) is 1.94. The molecule has 2 N–H and O–H groups in total. The van der Waals surface area contributed by atoms with E-state index in [0.29, 0.717) is 24.6 Å². The highest BCUT2D eigenvalue weighted by Gasteiger charge is 2.13. The predicted octanol–water partition coefficient (Wildman–Crippen LogP) is 3.34. The largest absolute Gasteiger partial charge is 0.399 e. The van der Waals surface area contributed by atoms with Gasteiger partial charge in [0, 0.05) is 24.6 Å². The number of anilines is 1. The molecule has 0 atom stereocenters. The van der Waals surface area contributed by atoms with Crippen molar-refractivity contribution in [3.05, 3.63) is 48.0 Å². The second-order valence-corrected chi connectivity index (χ2v) is 4.45. The zero-order chi connectivity index (χ0) is 13.8. The highest BCUT2D eigenvalue weighted by molar-refractivity contribution is 5.85. The Bertz CT molecular complexity index is 548. The molecular formula is C13H18Cl2F2N4. The molecule has 4 nitrogen and oxygen atoms in total. The molecule has 1 aromatic carbocycles. The van der Waals surface area contributed by atoms with E-state index in [1.165, 1.54) is 12.4 Å². The second kappa shape index (κ2) is 8.81. The third-order valence-electron chi connectivity index (χ3n) is 2.77. The maximum absolute atomic E-state index is 12.7. The van der Waals surface area contributed by atoms with Gasteiger partial charge < -0.3 is 5.73 Å². The van der Waals surface area contributed by atoms with Gasteiger partial charge in [-0.2, -0.15) is 8.78 Å². The first-order valence-electron chi connectivity index (χ1n) is 5.89. The highest BCUT2D eigenvalue weighted by atomic mass is 35.5. The van der Waals surface area contributed by atoms with Crippen molar-refractivity contribution in [3.8, 4) is 0 Å². The number of rotatable bonds is 5. The van der Waals surface area contributed by atoms with Gasteiger partial charge in [-0.3, -0.25) is 9.47 Å². The van der Waals surface area contributed by atoms with Crippen LogP contribution in [0.15, 0.2) is 36.7 Å². The van der Waals surface area contributed by atoms with Gasteiger partial charge in [0.2, 0.25) is 0 Å². The van der Waals surface area contributed by atoms with Crippen LogP contribution in [0.5, 0.6) is 0 Å². The maximum Gasteiger partial charge on any atom is 0.319 e. The number of hydrogen-bond acceptors (Lipinski definition) is 3. The molecule has 8 heteroatoms. The number of imidazole rings is 1. The smallest absolute Gasteiger partial charge is 0.319 e. The average molecular weight is 339 g/mol. The third-order valence-corrected chi connectivity index (χ3v) is 2.77. The molecule has 1 aromatic heterocycles. The van der Waals surface area contributed by atoms with Gasteiger partial charge in [-0.25, -0.2) is 4.98 Å². The molecule has 21 heavy (non-hydrogen) atoms. The molecule has 0 aliphatic carbocycles. The Labute approximate surface area is 134 Å². The summed E-state index contributed by atoms with van der Waals surface area (Å²) < 4.78 is 26.2. The van der Waals surface area contributed by atoms with Crippen LogP contribution in [0, 0.1) is 0 Å². The molecule has 0 aliphatic rings. The number of nitrogen functional groups attached to an aromatic ring is 1. The zero-order valence-electron chi connectivity index (χ0n) is 11.4. The van der Waals surface area contributed by atoms with Crippen LogP contribution in [0.1, 0.15) is 17.9 Å². The van der Waals surface area contributed by atoms with Crippen LogP contribution in [0.25, 0.3) is 0 Å². The van der Waals surface area contributed by atoms with E-state index in [-0.39, 0.29) is 24.8 Å². The summed E-state index contributed by atoms with van der Waals surface area (Å²) in [6.45, 7) is -1.58. The minimum absolute atomic E-state index is 0. The Kier molecular flexibility index (Phi) is 8.24. The van der Waals surface area contributed by atoms with Crippen molar-refractivity contribution in [1.29, 1.82) is 0 Å². The van der Waals surface area contributed by atoms with Gasteiger partial charge in [0.05, 0.1) is 6.54 Å². The number of benzene rings is 1. The second-order valence-electron chi connectivity index (χ2n) is 4.45. The van der Waals surface area contributed by atoms with Crippen LogP contribution in [0.3, 0.4) is 0 Å². The topological polar surface area (TPSA) is 47.1 Å². The lowest BCUT2D eigenvalue weighted by molar-refractivity contribution is 0.0644. The highest BCUT2D eigenvalue weighted by Crippen LogP contribution is 2.15. The first-order valence-corrected chi connectivity index (χ1v) is 5.89. The third kappa shape index (κ3) is 5.49. The summed E-state index contributed by atoms with van der Waals surface area (Å²) in [6, 6.07) is 7.51. The maximum atomic E-state index is 12.7. The van der Waals surface area contributed by atoms with E-state index in [4.69, 9.17) is 5.73 Å². The van der Waals surface area contributed by atoms with Crippen molar-refractivity contribution in [2.45, 2.75) is 19.6 Å². The van der Waals surface area contributed by atoms with Crippen LogP contribution in [-0.4, -0.2) is 21.5 Å². The molecule has 0 spiro atoms. The summed E-state index contributed by atoms with van der Waals surface area (Å²) in [7, 11) is 1.85. The van der Waals surface area contributed by atoms with E-state index in [1.54, 1.807) is 0 Å². The molecule has 0 aliphatic heterocycles. The van der Waals surface area contributed by atoms with Gasteiger partial charge in [-0.15, -0.1) is 24.8 Å². The molecule has 0 bridgehead atoms. The van der Waals surface area contributed by atoms with E-state index in [0.717, 1.165) is 10.1 Å². The number of hydrogen-bond donors (Lipinski definition) is 1. The predicted molar refractivity (Wildman–Crippen MR) is 84.0 cm³/mol. The van der Waals surface area contributed by atoms with Crippen LogP contribution in [0.4, 0.5) is 14.5 Å². The number of halogens is 4. The molecule has 0 radical (unpaired) electrons. The Morgan fingerprint density at radius 2 is 2.00 bits per heavy atom. The van der Waals surface area contributed by atoms with E-state index >= 15 is 0 Å². The molecule has 2 aromatic rings. The van der Waals surface area contributed by atoms with Gasteiger partial charge in [-0.1, -0.05) is 12.1 Å². The summed E-state index contributed by atoms with van der Waals surface area (Å²) in [5.74, 6) is 0.349. The summed E-state index contributed by atoms with van der Waals surface area (Å²) in [6.07, 6.45) is 2.67. The van der Waals surface area contributed by atoms with Gasteiger partial charge in [0.1, 0.15) is 5.82 Å². The van der Waals surface area contributed by atoms with Gasteiger partial charge >= 0.3 is 6.55 Å². The summed E-state index contributed by atoms with van der Waals surface area (Å²) in [4.78, 5) is 5.87. The standard InChI is InChI=1S/C13H16F2N4.2ClH/c1-18(8-10-3-2-4-11(16)7-10)9-12-17-5-6-19(12)13(14)15;;/h2-7,13H,8-9,16H2,1H3;2*1H. The molecule has 0 saturated heterocycles. The van der Waals surface area contributed by atoms with Crippen LogP contribution in [-0.2, 0) is 13.1 Å². The van der Waals surface area contributed by atoms with Gasteiger partial charge in [0.15, 0.2) is 0 Å². The van der Waals surface area contributed by atoms with Crippen LogP contribution < -0.4 is 5.73 Å². The van der Waals surface area contributed by atoms with Crippen molar-refractivity contribution in [1.82, 2.24) is 14.5 Å². The van der Waals surface area contributed by atoms with E-state index in [1.807, 2.05) is 36.2 Å². The van der Waals surface area contributed by atoms with Crippen LogP contribution in [0.2, 0.25) is 0 Å². The Hall–Kier alpha value is -1.37. The first-order chi connectivity index (χ1) is 9.06. The number of nitrogens with zero attached hydrogens (tertiary/aromatic N) is 3. The monoisotopic (exact) mass is 338 g/mol. The van der Waals surface area contributed by atoms with Gasteiger partial charge in [0.25, 0.3) is 0 Å². The molecule has 0 saturated carbocycles. The fraction of sp³-hybridized carbons (Fsp3) is 0.308. The van der Waals surface area contributed by atoms with Crippen LogP contribution >= 0.6 is 24.8 Å². The molecule has 0 amide bonds. The van der Waals surface area contributed by atoms with Crippen molar-refractivity contribution < 1.29 is 8.78 Å². The molecule has 118 valence electrons. The number of alkyl halides is 2. The summed E-state index contributed by atoms with van der Waals surface area (Å²) in [5.41, 5.74) is 7.43. The Morgan fingerprint density at radius 1 is 1.29 bits per heavy atom. The Morgan fingerprint density at radius 3 is 2.62 bits per heavy atom. The molecular weight excluding hydrogens is 321 g/mol. The molecule has 2 rings (SSSR count). The quantitative estimate of drug-likeness (QED) is 0.850. The lowest BCUT2D eigenvalue weighted by Gasteiger charge is -2.17. The molecule has 1 heterocycles. The first kappa shape index (κ1) is 19.6. The van der Waals surface area contributed by atoms with Gasteiger partial charge in [-0.05, 0) is 24.7 Å². The van der Waals surface area contributed by atoms with Crippen molar-refractivity contribution in [2.75, 3.05) is 12.8 Å². The fourth-order valence-electron chi connectivity index (χ4n) is 1.94. The summed E-state index contributed by atoms with van der Waals surface area (Å²) >= 11 is 0. The molecule has 0 fully saturated rings. The lowest BCUT2D eigenvalue weighted by atomic mass is 10.2. The lowest BCUT2D eigenvalue weighted by Crippen LogP contribution is -2.20. The minimum Gasteiger partial charge on any atom is -0.399 e. The average Bonchev–Trinajstić information content (AvgIpc) is 2.76.